The van der Waals surface area contributed by atoms with Crippen molar-refractivity contribution in [3.8, 4) is 11.5 Å². The van der Waals surface area contributed by atoms with Crippen LogP contribution in [-0.4, -0.2) is 25.7 Å². The van der Waals surface area contributed by atoms with E-state index in [4.69, 9.17) is 9.47 Å². The molecule has 0 radical (unpaired) electrons. The molecule has 1 fully saturated rings. The summed E-state index contributed by atoms with van der Waals surface area (Å²) in [5.74, 6) is 1.68. The van der Waals surface area contributed by atoms with Gasteiger partial charge < -0.3 is 9.47 Å². The van der Waals surface area contributed by atoms with Crippen LogP contribution in [0.1, 0.15) is 47.0 Å². The first-order valence-electron chi connectivity index (χ1n) is 8.73. The summed E-state index contributed by atoms with van der Waals surface area (Å²) in [4.78, 5) is 5.51. The largest absolute Gasteiger partial charge is 0.493 e. The minimum absolute atomic E-state index is 0.516. The third-order valence-corrected chi connectivity index (χ3v) is 5.91. The fourth-order valence-corrected chi connectivity index (χ4v) is 4.66. The molecule has 0 aliphatic carbocycles. The predicted molar refractivity (Wildman–Crippen MR) is 100 cm³/mol. The van der Waals surface area contributed by atoms with E-state index in [0.717, 1.165) is 24.6 Å². The van der Waals surface area contributed by atoms with Crippen molar-refractivity contribution in [1.82, 2.24) is 4.90 Å². The van der Waals surface area contributed by atoms with Crippen molar-refractivity contribution in [2.75, 3.05) is 20.8 Å². The molecule has 2 aromatic rings. The Balaban J connectivity index is 1.88. The molecule has 0 bridgehead atoms. The smallest absolute Gasteiger partial charge is 0.165 e. The van der Waals surface area contributed by atoms with Crippen LogP contribution < -0.4 is 9.47 Å². The number of aryl methyl sites for hydroxylation is 1. The monoisotopic (exact) mass is 345 g/mol. The van der Waals surface area contributed by atoms with Crippen molar-refractivity contribution >= 4 is 11.3 Å². The lowest BCUT2D eigenvalue weighted by Gasteiger charge is -2.30. The molecule has 1 aliphatic heterocycles. The molecule has 4 heteroatoms. The second kappa shape index (κ2) is 8.04. The van der Waals surface area contributed by atoms with Crippen molar-refractivity contribution in [2.45, 2.75) is 45.2 Å². The van der Waals surface area contributed by atoms with Crippen LogP contribution in [0.3, 0.4) is 0 Å². The van der Waals surface area contributed by atoms with Crippen LogP contribution >= 0.6 is 11.3 Å². The van der Waals surface area contributed by atoms with Crippen LogP contribution in [0.25, 0.3) is 0 Å². The molecular formula is C20H27NO2S. The summed E-state index contributed by atoms with van der Waals surface area (Å²) in [6, 6.07) is 11.2. The van der Waals surface area contributed by atoms with Crippen molar-refractivity contribution in [1.29, 1.82) is 0 Å². The molecule has 1 atom stereocenters. The zero-order chi connectivity index (χ0) is 16.9. The quantitative estimate of drug-likeness (QED) is 0.744. The lowest BCUT2D eigenvalue weighted by molar-refractivity contribution is 0.192. The number of hydrogen-bond donors (Lipinski definition) is 0. The van der Waals surface area contributed by atoms with E-state index in [2.05, 4.69) is 36.1 Å². The van der Waals surface area contributed by atoms with Gasteiger partial charge in [-0.1, -0.05) is 25.0 Å². The van der Waals surface area contributed by atoms with Crippen LogP contribution in [0.5, 0.6) is 11.5 Å². The first-order valence-corrected chi connectivity index (χ1v) is 9.55. The maximum Gasteiger partial charge on any atom is 0.165 e. The van der Waals surface area contributed by atoms with E-state index in [1.807, 2.05) is 17.4 Å². The highest BCUT2D eigenvalue weighted by Gasteiger charge is 2.25. The standard InChI is InChI=1S/C20H27NO2S/c1-15-11-12-19(24-15)17-9-5-4-6-13-21(17)14-16-8-7-10-18(22-2)20(16)23-3/h7-8,10-12,17H,4-6,9,13-14H2,1-3H3/t17-/m0/s1. The minimum atomic E-state index is 0.516. The van der Waals surface area contributed by atoms with Gasteiger partial charge in [0.1, 0.15) is 0 Å². The fraction of sp³-hybridized carbons (Fsp3) is 0.500. The highest BCUT2D eigenvalue weighted by atomic mass is 32.1. The SMILES string of the molecule is COc1cccc(CN2CCCCC[C@H]2c2ccc(C)s2)c1OC. The van der Waals surface area contributed by atoms with E-state index < -0.39 is 0 Å². The van der Waals surface area contributed by atoms with E-state index in [-0.39, 0.29) is 0 Å². The van der Waals surface area contributed by atoms with Crippen LogP contribution in [0.15, 0.2) is 30.3 Å². The van der Waals surface area contributed by atoms with Crippen molar-refractivity contribution in [2.24, 2.45) is 0 Å². The first-order chi connectivity index (χ1) is 11.7. The Hall–Kier alpha value is -1.52. The molecular weight excluding hydrogens is 318 g/mol. The Bertz CT molecular complexity index is 667. The van der Waals surface area contributed by atoms with Gasteiger partial charge in [0.05, 0.1) is 14.2 Å². The summed E-state index contributed by atoms with van der Waals surface area (Å²) >= 11 is 1.94. The number of thiophene rings is 1. The van der Waals surface area contributed by atoms with Gasteiger partial charge in [0.25, 0.3) is 0 Å². The molecule has 24 heavy (non-hydrogen) atoms. The third-order valence-electron chi connectivity index (χ3n) is 4.81. The van der Waals surface area contributed by atoms with Crippen LogP contribution in [0.2, 0.25) is 0 Å². The summed E-state index contributed by atoms with van der Waals surface area (Å²) in [5.41, 5.74) is 1.21. The van der Waals surface area contributed by atoms with Crippen LogP contribution in [0.4, 0.5) is 0 Å². The number of benzene rings is 1. The zero-order valence-electron chi connectivity index (χ0n) is 14.9. The highest BCUT2D eigenvalue weighted by molar-refractivity contribution is 7.12. The summed E-state index contributed by atoms with van der Waals surface area (Å²) < 4.78 is 11.1. The second-order valence-corrected chi connectivity index (χ2v) is 7.76. The molecule has 2 heterocycles. The molecule has 1 aliphatic rings. The molecule has 1 aromatic carbocycles. The van der Waals surface area contributed by atoms with Gasteiger partial charge in [-0.2, -0.15) is 0 Å². The first kappa shape index (κ1) is 17.3. The Morgan fingerprint density at radius 3 is 2.67 bits per heavy atom. The number of ether oxygens (including phenoxy) is 2. The Morgan fingerprint density at radius 1 is 1.08 bits per heavy atom. The van der Waals surface area contributed by atoms with Gasteiger partial charge in [-0.25, -0.2) is 0 Å². The zero-order valence-corrected chi connectivity index (χ0v) is 15.7. The average Bonchev–Trinajstić information content (AvgIpc) is 2.89. The molecule has 0 saturated carbocycles. The van der Waals surface area contributed by atoms with E-state index in [9.17, 15) is 0 Å². The lowest BCUT2D eigenvalue weighted by atomic mass is 10.1. The maximum atomic E-state index is 5.64. The normalized spacial score (nSPS) is 19.0. The summed E-state index contributed by atoms with van der Waals surface area (Å²) in [7, 11) is 3.43. The van der Waals surface area contributed by atoms with Crippen molar-refractivity contribution in [3.05, 3.63) is 45.6 Å². The van der Waals surface area contributed by atoms with Crippen LogP contribution in [-0.2, 0) is 6.54 Å². The molecule has 3 rings (SSSR count). The van der Waals surface area contributed by atoms with Gasteiger partial charge in [-0.05, 0) is 44.5 Å². The topological polar surface area (TPSA) is 21.7 Å². The maximum absolute atomic E-state index is 5.64. The summed E-state index contributed by atoms with van der Waals surface area (Å²) in [5, 5.41) is 0. The van der Waals surface area contributed by atoms with Gasteiger partial charge in [0, 0.05) is 27.9 Å². The predicted octanol–water partition coefficient (Wildman–Crippen LogP) is 5.19. The molecule has 0 amide bonds. The number of para-hydroxylation sites is 1. The fourth-order valence-electron chi connectivity index (χ4n) is 3.61. The molecule has 0 unspecified atom stereocenters. The Labute approximate surface area is 149 Å². The minimum Gasteiger partial charge on any atom is -0.493 e. The Kier molecular flexibility index (Phi) is 5.80. The third kappa shape index (κ3) is 3.76. The number of rotatable bonds is 5. The molecule has 130 valence electrons. The number of likely N-dealkylation sites (tertiary alicyclic amines) is 1. The number of hydrogen-bond acceptors (Lipinski definition) is 4. The lowest BCUT2D eigenvalue weighted by Crippen LogP contribution is -2.27. The van der Waals surface area contributed by atoms with E-state index in [1.54, 1.807) is 14.2 Å². The van der Waals surface area contributed by atoms with Gasteiger partial charge in [-0.3, -0.25) is 4.90 Å². The number of methoxy groups -OCH3 is 2. The molecule has 0 spiro atoms. The second-order valence-electron chi connectivity index (χ2n) is 6.44. The Morgan fingerprint density at radius 2 is 1.96 bits per heavy atom. The summed E-state index contributed by atoms with van der Waals surface area (Å²) in [6.45, 7) is 4.24. The van der Waals surface area contributed by atoms with E-state index in [0.29, 0.717) is 6.04 Å². The molecule has 1 saturated heterocycles. The molecule has 3 nitrogen and oxygen atoms in total. The van der Waals surface area contributed by atoms with E-state index >= 15 is 0 Å². The number of nitrogens with zero attached hydrogens (tertiary/aromatic N) is 1. The average molecular weight is 346 g/mol. The van der Waals surface area contributed by atoms with Crippen LogP contribution in [0, 0.1) is 6.92 Å². The van der Waals surface area contributed by atoms with Crippen molar-refractivity contribution in [3.63, 3.8) is 0 Å². The van der Waals surface area contributed by atoms with Gasteiger partial charge in [0.2, 0.25) is 0 Å². The van der Waals surface area contributed by atoms with E-state index in [1.165, 1.54) is 41.0 Å². The van der Waals surface area contributed by atoms with Gasteiger partial charge in [0.15, 0.2) is 11.5 Å². The molecule has 0 N–H and O–H groups in total. The highest BCUT2D eigenvalue weighted by Crippen LogP contribution is 2.38. The van der Waals surface area contributed by atoms with Gasteiger partial charge >= 0.3 is 0 Å². The van der Waals surface area contributed by atoms with Gasteiger partial charge in [-0.15, -0.1) is 11.3 Å². The summed E-state index contributed by atoms with van der Waals surface area (Å²) in [6.07, 6.45) is 5.15. The molecule has 1 aromatic heterocycles. The van der Waals surface area contributed by atoms with Crippen molar-refractivity contribution < 1.29 is 9.47 Å².